The number of nitrogens with one attached hydrogen (secondary N) is 2. The average molecular weight is 368 g/mol. The number of carbonyl (C=O) groups excluding carboxylic acids is 2. The fourth-order valence-corrected chi connectivity index (χ4v) is 2.74. The van der Waals surface area contributed by atoms with Gasteiger partial charge in [0.1, 0.15) is 17.3 Å². The zero-order valence-electron chi connectivity index (χ0n) is 14.5. The van der Waals surface area contributed by atoms with Crippen LogP contribution in [0.2, 0.25) is 0 Å². The molecule has 7 nitrogen and oxygen atoms in total. The summed E-state index contributed by atoms with van der Waals surface area (Å²) in [4.78, 5) is 24.0. The van der Waals surface area contributed by atoms with Gasteiger partial charge in [0.25, 0.3) is 11.8 Å². The second-order valence-electron chi connectivity index (χ2n) is 5.71. The van der Waals surface area contributed by atoms with Crippen molar-refractivity contribution in [3.8, 4) is 16.9 Å². The number of benzene rings is 2. The smallest absolute Gasteiger partial charge is 0.267 e. The van der Waals surface area contributed by atoms with E-state index in [0.717, 1.165) is 11.6 Å². The topological polar surface area (TPSA) is 110 Å². The Labute approximate surface area is 154 Å². The van der Waals surface area contributed by atoms with Crippen molar-refractivity contribution in [2.24, 2.45) is 5.73 Å². The maximum atomic E-state index is 13.5. The van der Waals surface area contributed by atoms with Gasteiger partial charge in [-0.05, 0) is 29.3 Å². The van der Waals surface area contributed by atoms with E-state index in [1.54, 1.807) is 24.3 Å². The van der Waals surface area contributed by atoms with Crippen LogP contribution in [0.1, 0.15) is 26.4 Å². The first-order chi connectivity index (χ1) is 13.0. The Kier molecular flexibility index (Phi) is 5.16. The number of halogens is 1. The highest BCUT2D eigenvalue weighted by Crippen LogP contribution is 2.26. The van der Waals surface area contributed by atoms with Crippen molar-refractivity contribution in [3.05, 3.63) is 71.3 Å². The number of aromatic nitrogens is 2. The molecule has 0 radical (unpaired) electrons. The molecule has 0 unspecified atom stereocenters. The molecule has 0 spiro atoms. The lowest BCUT2D eigenvalue weighted by molar-refractivity contribution is 0.0946. The number of methoxy groups -OCH3 is 1. The Hall–Kier alpha value is -3.68. The van der Waals surface area contributed by atoms with E-state index >= 15 is 0 Å². The summed E-state index contributed by atoms with van der Waals surface area (Å²) < 4.78 is 18.6. The first-order valence-electron chi connectivity index (χ1n) is 8.04. The minimum Gasteiger partial charge on any atom is -0.496 e. The molecule has 1 aromatic heterocycles. The molecular formula is C19H17FN4O3. The van der Waals surface area contributed by atoms with E-state index in [1.165, 1.54) is 25.4 Å². The van der Waals surface area contributed by atoms with E-state index in [-0.39, 0.29) is 23.6 Å². The normalized spacial score (nSPS) is 10.4. The third kappa shape index (κ3) is 3.79. The molecular weight excluding hydrogens is 351 g/mol. The lowest BCUT2D eigenvalue weighted by Gasteiger charge is -2.12. The van der Waals surface area contributed by atoms with Crippen LogP contribution in [0.5, 0.6) is 5.75 Å². The van der Waals surface area contributed by atoms with Crippen LogP contribution in [0.15, 0.2) is 48.7 Å². The van der Waals surface area contributed by atoms with Gasteiger partial charge < -0.3 is 15.8 Å². The molecule has 2 aromatic carbocycles. The van der Waals surface area contributed by atoms with Crippen LogP contribution in [0.4, 0.5) is 4.39 Å². The number of nitrogens with zero attached hydrogens (tertiary/aromatic N) is 1. The van der Waals surface area contributed by atoms with Gasteiger partial charge >= 0.3 is 0 Å². The highest BCUT2D eigenvalue weighted by Gasteiger charge is 2.17. The van der Waals surface area contributed by atoms with E-state index in [9.17, 15) is 14.0 Å². The number of nitrogens with two attached hydrogens (primary N) is 1. The minimum absolute atomic E-state index is 0.0936. The standard InChI is InChI=1S/C19H17FN4O3/c1-27-16-7-6-12(20)8-14(16)19(26)22-9-11-4-2-3-5-13(11)15-10-23-24-17(15)18(21)25/h2-8,10H,9H2,1H3,(H2,21,25)(H,22,26)(H,23,24). The van der Waals surface area contributed by atoms with Crippen LogP contribution >= 0.6 is 0 Å². The van der Waals surface area contributed by atoms with Crippen LogP contribution in [0.3, 0.4) is 0 Å². The summed E-state index contributed by atoms with van der Waals surface area (Å²) in [6.07, 6.45) is 1.50. The van der Waals surface area contributed by atoms with Crippen LogP contribution in [0.25, 0.3) is 11.1 Å². The van der Waals surface area contributed by atoms with Crippen molar-refractivity contribution in [2.45, 2.75) is 6.54 Å². The van der Waals surface area contributed by atoms with Crippen LogP contribution < -0.4 is 15.8 Å². The zero-order valence-corrected chi connectivity index (χ0v) is 14.5. The van der Waals surface area contributed by atoms with E-state index in [2.05, 4.69) is 15.5 Å². The number of hydrogen-bond acceptors (Lipinski definition) is 4. The summed E-state index contributed by atoms with van der Waals surface area (Å²) in [7, 11) is 1.41. The highest BCUT2D eigenvalue weighted by atomic mass is 19.1. The molecule has 27 heavy (non-hydrogen) atoms. The summed E-state index contributed by atoms with van der Waals surface area (Å²) in [5.41, 5.74) is 7.62. The van der Waals surface area contributed by atoms with E-state index in [4.69, 9.17) is 10.5 Å². The molecule has 0 bridgehead atoms. The molecule has 1 heterocycles. The maximum absolute atomic E-state index is 13.5. The predicted octanol–water partition coefficient (Wildman–Crippen LogP) is 2.25. The Morgan fingerprint density at radius 1 is 1.22 bits per heavy atom. The highest BCUT2D eigenvalue weighted by molar-refractivity contribution is 5.98. The minimum atomic E-state index is -0.633. The largest absolute Gasteiger partial charge is 0.496 e. The van der Waals surface area contributed by atoms with Crippen LogP contribution in [-0.2, 0) is 6.54 Å². The van der Waals surface area contributed by atoms with Crippen molar-refractivity contribution in [1.82, 2.24) is 15.5 Å². The molecule has 0 aliphatic rings. The molecule has 0 aliphatic heterocycles. The number of rotatable bonds is 6. The first-order valence-corrected chi connectivity index (χ1v) is 8.04. The van der Waals surface area contributed by atoms with Gasteiger partial charge in [0.15, 0.2) is 0 Å². The molecule has 0 aliphatic carbocycles. The molecule has 0 saturated heterocycles. The number of H-pyrrole nitrogens is 1. The number of carbonyl (C=O) groups is 2. The van der Waals surface area contributed by atoms with Crippen molar-refractivity contribution in [2.75, 3.05) is 7.11 Å². The van der Waals surface area contributed by atoms with Gasteiger partial charge in [-0.3, -0.25) is 14.7 Å². The summed E-state index contributed by atoms with van der Waals surface area (Å²) >= 11 is 0. The second-order valence-corrected chi connectivity index (χ2v) is 5.71. The van der Waals surface area contributed by atoms with Crippen molar-refractivity contribution < 1.29 is 18.7 Å². The molecule has 0 fully saturated rings. The van der Waals surface area contributed by atoms with Gasteiger partial charge in [-0.1, -0.05) is 24.3 Å². The third-order valence-corrected chi connectivity index (χ3v) is 4.04. The number of hydrogen-bond donors (Lipinski definition) is 3. The average Bonchev–Trinajstić information content (AvgIpc) is 3.16. The molecule has 2 amide bonds. The lowest BCUT2D eigenvalue weighted by Crippen LogP contribution is -2.24. The number of ether oxygens (including phenoxy) is 1. The first kappa shape index (κ1) is 18.1. The van der Waals surface area contributed by atoms with Gasteiger partial charge in [-0.25, -0.2) is 4.39 Å². The second kappa shape index (κ2) is 7.69. The van der Waals surface area contributed by atoms with Gasteiger partial charge in [-0.15, -0.1) is 0 Å². The molecule has 8 heteroatoms. The fourth-order valence-electron chi connectivity index (χ4n) is 2.74. The lowest BCUT2D eigenvalue weighted by atomic mass is 9.99. The Morgan fingerprint density at radius 2 is 2.00 bits per heavy atom. The monoisotopic (exact) mass is 368 g/mol. The molecule has 0 atom stereocenters. The zero-order chi connectivity index (χ0) is 19.4. The Bertz CT molecular complexity index is 1000. The quantitative estimate of drug-likeness (QED) is 0.620. The number of primary amides is 1. The third-order valence-electron chi connectivity index (χ3n) is 4.04. The van der Waals surface area contributed by atoms with Gasteiger partial charge in [-0.2, -0.15) is 5.10 Å². The van der Waals surface area contributed by atoms with E-state index < -0.39 is 17.6 Å². The van der Waals surface area contributed by atoms with Gasteiger partial charge in [0.05, 0.1) is 18.9 Å². The Morgan fingerprint density at radius 3 is 2.74 bits per heavy atom. The SMILES string of the molecule is COc1ccc(F)cc1C(=O)NCc1ccccc1-c1cn[nH]c1C(N)=O. The van der Waals surface area contributed by atoms with Crippen molar-refractivity contribution in [1.29, 1.82) is 0 Å². The Balaban J connectivity index is 1.86. The summed E-state index contributed by atoms with van der Waals surface area (Å²) in [5, 5.41) is 9.17. The molecule has 138 valence electrons. The summed E-state index contributed by atoms with van der Waals surface area (Å²) in [6, 6.07) is 10.9. The van der Waals surface area contributed by atoms with E-state index in [0.29, 0.717) is 11.1 Å². The summed E-state index contributed by atoms with van der Waals surface area (Å²) in [5.74, 6) is -1.38. The van der Waals surface area contributed by atoms with Crippen LogP contribution in [-0.4, -0.2) is 29.1 Å². The van der Waals surface area contributed by atoms with E-state index in [1.807, 2.05) is 0 Å². The van der Waals surface area contributed by atoms with Crippen molar-refractivity contribution >= 4 is 11.8 Å². The van der Waals surface area contributed by atoms with Crippen LogP contribution in [0, 0.1) is 5.82 Å². The number of amides is 2. The number of aromatic amines is 1. The summed E-state index contributed by atoms with van der Waals surface area (Å²) in [6.45, 7) is 0.151. The molecule has 3 aromatic rings. The molecule has 4 N–H and O–H groups in total. The van der Waals surface area contributed by atoms with Gasteiger partial charge in [0.2, 0.25) is 0 Å². The van der Waals surface area contributed by atoms with Gasteiger partial charge in [0, 0.05) is 12.1 Å². The molecule has 0 saturated carbocycles. The molecule has 3 rings (SSSR count). The maximum Gasteiger partial charge on any atom is 0.267 e. The predicted molar refractivity (Wildman–Crippen MR) is 96.7 cm³/mol. The fraction of sp³-hybridized carbons (Fsp3) is 0.105. The van der Waals surface area contributed by atoms with Crippen molar-refractivity contribution in [3.63, 3.8) is 0 Å².